The van der Waals surface area contributed by atoms with Crippen LogP contribution in [0.3, 0.4) is 0 Å². The summed E-state index contributed by atoms with van der Waals surface area (Å²) >= 11 is 6.25. The Kier molecular flexibility index (Phi) is 5.36. The summed E-state index contributed by atoms with van der Waals surface area (Å²) in [7, 11) is 0. The number of hydrogen-bond acceptors (Lipinski definition) is 3. The lowest BCUT2D eigenvalue weighted by Crippen LogP contribution is -2.30. The molecular formula is C15H19ClN4O. The first-order valence-corrected chi connectivity index (χ1v) is 7.29. The van der Waals surface area contributed by atoms with E-state index in [1.807, 2.05) is 26.0 Å². The Morgan fingerprint density at radius 1 is 1.48 bits per heavy atom. The molecule has 0 aliphatic rings. The zero-order valence-electron chi connectivity index (χ0n) is 12.1. The van der Waals surface area contributed by atoms with Gasteiger partial charge in [-0.3, -0.25) is 4.79 Å². The number of benzene rings is 1. The van der Waals surface area contributed by atoms with Crippen LogP contribution in [0.1, 0.15) is 20.3 Å². The molecular weight excluding hydrogens is 288 g/mol. The minimum absolute atomic E-state index is 0.0490. The molecule has 1 heterocycles. The maximum absolute atomic E-state index is 12.1. The van der Waals surface area contributed by atoms with E-state index in [0.29, 0.717) is 17.1 Å². The van der Waals surface area contributed by atoms with Crippen LogP contribution in [-0.2, 0) is 4.79 Å². The van der Waals surface area contributed by atoms with Crippen LogP contribution in [0.2, 0.25) is 5.02 Å². The molecule has 5 nitrogen and oxygen atoms in total. The molecule has 2 aromatic rings. The summed E-state index contributed by atoms with van der Waals surface area (Å²) in [4.78, 5) is 16.1. The molecule has 0 fully saturated rings. The third kappa shape index (κ3) is 4.06. The molecule has 1 aromatic heterocycles. The number of halogens is 1. The van der Waals surface area contributed by atoms with Gasteiger partial charge in [-0.05, 0) is 25.6 Å². The summed E-state index contributed by atoms with van der Waals surface area (Å²) in [6.45, 7) is 4.84. The molecule has 1 atom stereocenters. The highest BCUT2D eigenvalue weighted by Crippen LogP contribution is 2.28. The van der Waals surface area contributed by atoms with Gasteiger partial charge in [0.25, 0.3) is 0 Å². The third-order valence-electron chi connectivity index (χ3n) is 3.07. The molecule has 0 saturated carbocycles. The van der Waals surface area contributed by atoms with Crippen molar-refractivity contribution in [2.75, 3.05) is 11.9 Å². The summed E-state index contributed by atoms with van der Waals surface area (Å²) in [5.74, 6) is -0.0490. The Morgan fingerprint density at radius 3 is 2.95 bits per heavy atom. The first-order valence-electron chi connectivity index (χ1n) is 6.92. The van der Waals surface area contributed by atoms with E-state index in [1.165, 1.54) is 0 Å². The lowest BCUT2D eigenvalue weighted by atomic mass is 10.2. The van der Waals surface area contributed by atoms with E-state index in [0.717, 1.165) is 12.2 Å². The zero-order valence-corrected chi connectivity index (χ0v) is 12.9. The Balaban J connectivity index is 2.17. The van der Waals surface area contributed by atoms with E-state index in [-0.39, 0.29) is 11.9 Å². The van der Waals surface area contributed by atoms with Gasteiger partial charge in [0, 0.05) is 24.9 Å². The minimum Gasteiger partial charge on any atom is -0.324 e. The van der Waals surface area contributed by atoms with Crippen molar-refractivity contribution in [3.05, 3.63) is 41.9 Å². The predicted octanol–water partition coefficient (Wildman–Crippen LogP) is 2.85. The van der Waals surface area contributed by atoms with Crippen LogP contribution < -0.4 is 10.6 Å². The Morgan fingerprint density at radius 2 is 2.29 bits per heavy atom. The maximum Gasteiger partial charge on any atom is 0.225 e. The smallest absolute Gasteiger partial charge is 0.225 e. The number of para-hydroxylation sites is 1. The summed E-state index contributed by atoms with van der Waals surface area (Å²) in [5.41, 5.74) is 1.40. The van der Waals surface area contributed by atoms with Crippen molar-refractivity contribution in [2.45, 2.75) is 26.3 Å². The van der Waals surface area contributed by atoms with Gasteiger partial charge in [0.05, 0.1) is 22.7 Å². The fourth-order valence-corrected chi connectivity index (χ4v) is 2.44. The SMILES string of the molecule is CCNC(C)CC(=O)Nc1cccc(Cl)c1-n1ccnc1. The third-order valence-corrected chi connectivity index (χ3v) is 3.37. The lowest BCUT2D eigenvalue weighted by molar-refractivity contribution is -0.116. The quantitative estimate of drug-likeness (QED) is 0.863. The van der Waals surface area contributed by atoms with Gasteiger partial charge >= 0.3 is 0 Å². The molecule has 1 aromatic carbocycles. The Hall–Kier alpha value is -1.85. The molecule has 2 rings (SSSR count). The van der Waals surface area contributed by atoms with Gasteiger partial charge in [0.2, 0.25) is 5.91 Å². The number of carbonyl (C=O) groups excluding carboxylic acids is 1. The molecule has 0 radical (unpaired) electrons. The second-order valence-corrected chi connectivity index (χ2v) is 5.22. The number of amides is 1. The average molecular weight is 307 g/mol. The van der Waals surface area contributed by atoms with Crippen molar-refractivity contribution in [3.63, 3.8) is 0 Å². The van der Waals surface area contributed by atoms with Crippen molar-refractivity contribution < 1.29 is 4.79 Å². The maximum atomic E-state index is 12.1. The van der Waals surface area contributed by atoms with Crippen molar-refractivity contribution in [2.24, 2.45) is 0 Å². The van der Waals surface area contributed by atoms with Gasteiger partial charge < -0.3 is 15.2 Å². The number of nitrogens with zero attached hydrogens (tertiary/aromatic N) is 2. The second kappa shape index (κ2) is 7.24. The number of anilines is 1. The van der Waals surface area contributed by atoms with Crippen molar-refractivity contribution in [1.29, 1.82) is 0 Å². The van der Waals surface area contributed by atoms with E-state index >= 15 is 0 Å². The van der Waals surface area contributed by atoms with E-state index in [2.05, 4.69) is 15.6 Å². The van der Waals surface area contributed by atoms with Crippen LogP contribution in [0.4, 0.5) is 5.69 Å². The van der Waals surface area contributed by atoms with Crippen molar-refractivity contribution >= 4 is 23.2 Å². The molecule has 0 aliphatic carbocycles. The summed E-state index contributed by atoms with van der Waals surface area (Å²) < 4.78 is 1.78. The number of carbonyl (C=O) groups is 1. The molecule has 0 aliphatic heterocycles. The van der Waals surface area contributed by atoms with Crippen LogP contribution in [0.5, 0.6) is 0 Å². The standard InChI is InChI=1S/C15H19ClN4O/c1-3-18-11(2)9-14(21)19-13-6-4-5-12(16)15(13)20-8-7-17-10-20/h4-8,10-11,18H,3,9H2,1-2H3,(H,19,21). The lowest BCUT2D eigenvalue weighted by Gasteiger charge is -2.15. The van der Waals surface area contributed by atoms with Gasteiger partial charge in [-0.1, -0.05) is 24.6 Å². The monoisotopic (exact) mass is 306 g/mol. The van der Waals surface area contributed by atoms with Gasteiger partial charge in [-0.25, -0.2) is 4.98 Å². The fraction of sp³-hybridized carbons (Fsp3) is 0.333. The first kappa shape index (κ1) is 15.5. The minimum atomic E-state index is -0.0490. The van der Waals surface area contributed by atoms with E-state index in [4.69, 9.17) is 11.6 Å². The number of hydrogen-bond donors (Lipinski definition) is 2. The normalized spacial score (nSPS) is 12.1. The van der Waals surface area contributed by atoms with E-state index in [9.17, 15) is 4.79 Å². The van der Waals surface area contributed by atoms with Crippen LogP contribution in [0.25, 0.3) is 5.69 Å². The molecule has 0 bridgehead atoms. The average Bonchev–Trinajstić information content (AvgIpc) is 2.92. The first-order chi connectivity index (χ1) is 10.1. The van der Waals surface area contributed by atoms with Crippen LogP contribution in [0.15, 0.2) is 36.9 Å². The molecule has 0 saturated heterocycles. The second-order valence-electron chi connectivity index (χ2n) is 4.82. The number of rotatable bonds is 6. The summed E-state index contributed by atoms with van der Waals surface area (Å²) in [6.07, 6.45) is 5.52. The van der Waals surface area contributed by atoms with Gasteiger partial charge in [-0.15, -0.1) is 0 Å². The zero-order chi connectivity index (χ0) is 15.2. The largest absolute Gasteiger partial charge is 0.324 e. The molecule has 21 heavy (non-hydrogen) atoms. The fourth-order valence-electron chi connectivity index (χ4n) is 2.17. The highest BCUT2D eigenvalue weighted by molar-refractivity contribution is 6.33. The topological polar surface area (TPSA) is 59.0 Å². The predicted molar refractivity (Wildman–Crippen MR) is 85.0 cm³/mol. The summed E-state index contributed by atoms with van der Waals surface area (Å²) in [6, 6.07) is 5.56. The van der Waals surface area contributed by atoms with E-state index in [1.54, 1.807) is 29.4 Å². The van der Waals surface area contributed by atoms with Crippen molar-refractivity contribution in [3.8, 4) is 5.69 Å². The van der Waals surface area contributed by atoms with Crippen LogP contribution in [0, 0.1) is 0 Å². The molecule has 6 heteroatoms. The Labute approximate surface area is 129 Å². The number of aromatic nitrogens is 2. The molecule has 1 amide bonds. The number of nitrogens with one attached hydrogen (secondary N) is 2. The molecule has 2 N–H and O–H groups in total. The highest BCUT2D eigenvalue weighted by atomic mass is 35.5. The number of imidazole rings is 1. The van der Waals surface area contributed by atoms with Gasteiger partial charge in [0.15, 0.2) is 0 Å². The van der Waals surface area contributed by atoms with Gasteiger partial charge in [-0.2, -0.15) is 0 Å². The Bertz CT molecular complexity index is 598. The highest BCUT2D eigenvalue weighted by Gasteiger charge is 2.13. The summed E-state index contributed by atoms with van der Waals surface area (Å²) in [5, 5.41) is 6.69. The molecule has 112 valence electrons. The van der Waals surface area contributed by atoms with Crippen LogP contribution >= 0.6 is 11.6 Å². The van der Waals surface area contributed by atoms with Gasteiger partial charge in [0.1, 0.15) is 0 Å². The molecule has 1 unspecified atom stereocenters. The molecule has 0 spiro atoms. The van der Waals surface area contributed by atoms with E-state index < -0.39 is 0 Å². The van der Waals surface area contributed by atoms with Crippen molar-refractivity contribution in [1.82, 2.24) is 14.9 Å². The van der Waals surface area contributed by atoms with Crippen LogP contribution in [-0.4, -0.2) is 28.0 Å².